The van der Waals surface area contributed by atoms with Crippen molar-refractivity contribution in [2.75, 3.05) is 0 Å². The Labute approximate surface area is 77.9 Å². The fourth-order valence-corrected chi connectivity index (χ4v) is 2.11. The van der Waals surface area contributed by atoms with Crippen molar-refractivity contribution in [2.45, 2.75) is 32.1 Å². The number of hydrogen-bond acceptors (Lipinski definition) is 2. The molecular weight excluding hydrogens is 164 g/mol. The van der Waals surface area contributed by atoms with Crippen molar-refractivity contribution in [1.29, 1.82) is 0 Å². The predicted octanol–water partition coefficient (Wildman–Crippen LogP) is 2.82. The molecule has 0 unspecified atom stereocenters. The summed E-state index contributed by atoms with van der Waals surface area (Å²) < 4.78 is 5.06. The minimum absolute atomic E-state index is 0.452. The third-order valence-electron chi connectivity index (χ3n) is 2.79. The van der Waals surface area contributed by atoms with Gasteiger partial charge in [0.2, 0.25) is 0 Å². The van der Waals surface area contributed by atoms with E-state index in [4.69, 9.17) is 4.42 Å². The third kappa shape index (κ3) is 2.00. The van der Waals surface area contributed by atoms with Gasteiger partial charge in [0.1, 0.15) is 0 Å². The monoisotopic (exact) mass is 178 g/mol. The van der Waals surface area contributed by atoms with Crippen molar-refractivity contribution in [3.8, 4) is 0 Å². The van der Waals surface area contributed by atoms with Gasteiger partial charge in [-0.25, -0.2) is 0 Å². The molecule has 1 aliphatic rings. The van der Waals surface area contributed by atoms with Gasteiger partial charge in [0.15, 0.2) is 12.0 Å². The van der Waals surface area contributed by atoms with Crippen molar-refractivity contribution in [3.63, 3.8) is 0 Å². The summed E-state index contributed by atoms with van der Waals surface area (Å²) in [5.74, 6) is 1.27. The Morgan fingerprint density at radius 1 is 1.46 bits per heavy atom. The number of carbonyl (C=O) groups excluding carboxylic acids is 1. The van der Waals surface area contributed by atoms with Gasteiger partial charge < -0.3 is 4.42 Å². The van der Waals surface area contributed by atoms with E-state index in [1.165, 1.54) is 31.2 Å². The molecular formula is C11H14O2. The quantitative estimate of drug-likeness (QED) is 0.666. The van der Waals surface area contributed by atoms with E-state index in [9.17, 15) is 4.79 Å². The van der Waals surface area contributed by atoms with Gasteiger partial charge in [0.25, 0.3) is 0 Å². The number of furan rings is 1. The summed E-state index contributed by atoms with van der Waals surface area (Å²) in [4.78, 5) is 10.4. The molecule has 1 aromatic heterocycles. The number of hydrogen-bond donors (Lipinski definition) is 0. The molecule has 2 nitrogen and oxygen atoms in total. The van der Waals surface area contributed by atoms with Crippen LogP contribution in [0.15, 0.2) is 16.7 Å². The summed E-state index contributed by atoms with van der Waals surface area (Å²) in [6.07, 6.45) is 8.95. The maximum Gasteiger partial charge on any atom is 0.185 e. The molecule has 0 radical (unpaired) electrons. The zero-order valence-electron chi connectivity index (χ0n) is 7.66. The maximum atomic E-state index is 10.4. The van der Waals surface area contributed by atoms with E-state index in [1.807, 2.05) is 6.07 Å². The average molecular weight is 178 g/mol. The Balaban J connectivity index is 1.96. The number of aldehydes is 1. The first kappa shape index (κ1) is 8.54. The van der Waals surface area contributed by atoms with Crippen molar-refractivity contribution in [3.05, 3.63) is 23.7 Å². The number of carbonyl (C=O) groups is 1. The minimum atomic E-state index is 0.452. The minimum Gasteiger partial charge on any atom is -0.461 e. The lowest BCUT2D eigenvalue weighted by Crippen LogP contribution is -1.96. The second-order valence-corrected chi connectivity index (χ2v) is 3.83. The molecule has 70 valence electrons. The topological polar surface area (TPSA) is 30.2 Å². The number of rotatable bonds is 3. The smallest absolute Gasteiger partial charge is 0.185 e. The van der Waals surface area contributed by atoms with Gasteiger partial charge in [-0.1, -0.05) is 25.7 Å². The Kier molecular flexibility index (Phi) is 2.48. The molecule has 0 aliphatic heterocycles. The maximum absolute atomic E-state index is 10.4. The van der Waals surface area contributed by atoms with Crippen LogP contribution in [0.1, 0.15) is 41.8 Å². The van der Waals surface area contributed by atoms with Crippen LogP contribution in [0.3, 0.4) is 0 Å². The van der Waals surface area contributed by atoms with Crippen LogP contribution >= 0.6 is 0 Å². The Morgan fingerprint density at radius 3 is 2.85 bits per heavy atom. The van der Waals surface area contributed by atoms with Gasteiger partial charge in [-0.05, 0) is 24.0 Å². The summed E-state index contributed by atoms with van der Waals surface area (Å²) in [6.45, 7) is 0. The van der Waals surface area contributed by atoms with Crippen molar-refractivity contribution in [2.24, 2.45) is 5.92 Å². The molecule has 0 atom stereocenters. The van der Waals surface area contributed by atoms with Gasteiger partial charge in [0, 0.05) is 0 Å². The second-order valence-electron chi connectivity index (χ2n) is 3.83. The fourth-order valence-electron chi connectivity index (χ4n) is 2.11. The lowest BCUT2D eigenvalue weighted by atomic mass is 10.00. The molecule has 2 heteroatoms. The molecule has 0 aromatic carbocycles. The zero-order valence-corrected chi connectivity index (χ0v) is 7.66. The van der Waals surface area contributed by atoms with E-state index in [1.54, 1.807) is 6.26 Å². The molecule has 1 fully saturated rings. The fraction of sp³-hybridized carbons (Fsp3) is 0.545. The van der Waals surface area contributed by atoms with E-state index in [-0.39, 0.29) is 0 Å². The summed E-state index contributed by atoms with van der Waals surface area (Å²) in [7, 11) is 0. The molecule has 13 heavy (non-hydrogen) atoms. The zero-order chi connectivity index (χ0) is 9.10. The van der Waals surface area contributed by atoms with Crippen LogP contribution in [-0.2, 0) is 6.42 Å². The van der Waals surface area contributed by atoms with Crippen LogP contribution in [0.25, 0.3) is 0 Å². The Hall–Kier alpha value is -1.05. The molecule has 2 rings (SSSR count). The first-order valence-electron chi connectivity index (χ1n) is 4.91. The van der Waals surface area contributed by atoms with Gasteiger partial charge in [-0.2, -0.15) is 0 Å². The summed E-state index contributed by atoms with van der Waals surface area (Å²) in [5.41, 5.74) is 1.18. The Morgan fingerprint density at radius 2 is 2.23 bits per heavy atom. The molecule has 1 saturated carbocycles. The van der Waals surface area contributed by atoms with E-state index >= 15 is 0 Å². The van der Waals surface area contributed by atoms with Gasteiger partial charge in [0.05, 0.1) is 6.26 Å². The van der Waals surface area contributed by atoms with Crippen LogP contribution in [0.4, 0.5) is 0 Å². The molecule has 0 spiro atoms. The molecule has 1 heterocycles. The highest BCUT2D eigenvalue weighted by Gasteiger charge is 2.16. The second kappa shape index (κ2) is 3.77. The first-order valence-corrected chi connectivity index (χ1v) is 4.91. The summed E-state index contributed by atoms with van der Waals surface area (Å²) >= 11 is 0. The van der Waals surface area contributed by atoms with Crippen LogP contribution in [-0.4, -0.2) is 6.29 Å². The van der Waals surface area contributed by atoms with Crippen LogP contribution in [0, 0.1) is 5.92 Å². The summed E-state index contributed by atoms with van der Waals surface area (Å²) in [6, 6.07) is 1.85. The highest BCUT2D eigenvalue weighted by atomic mass is 16.3. The van der Waals surface area contributed by atoms with Crippen molar-refractivity contribution < 1.29 is 9.21 Å². The molecule has 0 amide bonds. The standard InChI is InChI=1S/C11H14O2/c12-7-11-6-10(8-13-11)5-9-3-1-2-4-9/h6-9H,1-5H2. The van der Waals surface area contributed by atoms with E-state index in [2.05, 4.69) is 0 Å². The molecule has 0 saturated heterocycles. The SMILES string of the molecule is O=Cc1cc(CC2CCCC2)co1. The average Bonchev–Trinajstić information content (AvgIpc) is 2.76. The molecule has 0 N–H and O–H groups in total. The van der Waals surface area contributed by atoms with Gasteiger partial charge >= 0.3 is 0 Å². The van der Waals surface area contributed by atoms with Gasteiger partial charge in [-0.15, -0.1) is 0 Å². The Bertz CT molecular complexity index is 282. The van der Waals surface area contributed by atoms with Crippen LogP contribution in [0.5, 0.6) is 0 Å². The van der Waals surface area contributed by atoms with Gasteiger partial charge in [-0.3, -0.25) is 4.79 Å². The first-order chi connectivity index (χ1) is 6.38. The van der Waals surface area contributed by atoms with Crippen LogP contribution < -0.4 is 0 Å². The van der Waals surface area contributed by atoms with Crippen molar-refractivity contribution in [1.82, 2.24) is 0 Å². The largest absolute Gasteiger partial charge is 0.461 e. The van der Waals surface area contributed by atoms with Crippen molar-refractivity contribution >= 4 is 6.29 Å². The summed E-state index contributed by atoms with van der Waals surface area (Å²) in [5, 5.41) is 0. The third-order valence-corrected chi connectivity index (χ3v) is 2.79. The lowest BCUT2D eigenvalue weighted by molar-refractivity contribution is 0.110. The predicted molar refractivity (Wildman–Crippen MR) is 49.8 cm³/mol. The van der Waals surface area contributed by atoms with E-state index in [0.717, 1.165) is 18.6 Å². The molecule has 1 aromatic rings. The highest BCUT2D eigenvalue weighted by Crippen LogP contribution is 2.28. The molecule has 1 aliphatic carbocycles. The normalized spacial score (nSPS) is 17.8. The lowest BCUT2D eigenvalue weighted by Gasteiger charge is -2.04. The van der Waals surface area contributed by atoms with Crippen LogP contribution in [0.2, 0.25) is 0 Å². The van der Waals surface area contributed by atoms with E-state index < -0.39 is 0 Å². The highest BCUT2D eigenvalue weighted by molar-refractivity contribution is 5.70. The van der Waals surface area contributed by atoms with E-state index in [0.29, 0.717) is 5.76 Å². The molecule has 0 bridgehead atoms.